The van der Waals surface area contributed by atoms with Gasteiger partial charge in [0.2, 0.25) is 0 Å². The molecule has 0 aliphatic heterocycles. The molecule has 1 N–H and O–H groups in total. The summed E-state index contributed by atoms with van der Waals surface area (Å²) >= 11 is 0. The molecular weight excluding hydrogens is 193 g/mol. The molecule has 0 radical (unpaired) electrons. The lowest BCUT2D eigenvalue weighted by Gasteiger charge is -2.23. The fourth-order valence-corrected chi connectivity index (χ4v) is 1.68. The first-order chi connectivity index (χ1) is 7.10. The van der Waals surface area contributed by atoms with Gasteiger partial charge in [-0.25, -0.2) is 4.39 Å². The fourth-order valence-electron chi connectivity index (χ4n) is 1.68. The van der Waals surface area contributed by atoms with Crippen LogP contribution in [0, 0.1) is 12.7 Å². The molecule has 1 aromatic carbocycles. The highest BCUT2D eigenvalue weighted by molar-refractivity contribution is 5.27. The van der Waals surface area contributed by atoms with E-state index in [0.29, 0.717) is 5.56 Å². The van der Waals surface area contributed by atoms with Crippen molar-refractivity contribution in [2.24, 2.45) is 0 Å². The Kier molecular flexibility index (Phi) is 4.24. The molecule has 2 atom stereocenters. The van der Waals surface area contributed by atoms with Crippen LogP contribution in [0.2, 0.25) is 0 Å². The van der Waals surface area contributed by atoms with Crippen LogP contribution in [0.1, 0.15) is 24.1 Å². The SMILES string of the molecule is CNC(c1cc(C)ccc1F)C(C)OC. The molecule has 0 fully saturated rings. The molecule has 0 saturated heterocycles. The van der Waals surface area contributed by atoms with Crippen molar-refractivity contribution in [3.63, 3.8) is 0 Å². The van der Waals surface area contributed by atoms with Gasteiger partial charge in [0, 0.05) is 12.7 Å². The van der Waals surface area contributed by atoms with Crippen LogP contribution >= 0.6 is 0 Å². The van der Waals surface area contributed by atoms with Gasteiger partial charge in [0.1, 0.15) is 5.82 Å². The van der Waals surface area contributed by atoms with Crippen LogP contribution in [0.25, 0.3) is 0 Å². The van der Waals surface area contributed by atoms with Gasteiger partial charge in [0.05, 0.1) is 12.1 Å². The third kappa shape index (κ3) is 2.76. The van der Waals surface area contributed by atoms with Crippen molar-refractivity contribution >= 4 is 0 Å². The van der Waals surface area contributed by atoms with Crippen LogP contribution in [-0.4, -0.2) is 20.3 Å². The number of hydrogen-bond acceptors (Lipinski definition) is 2. The summed E-state index contributed by atoms with van der Waals surface area (Å²) in [5.41, 5.74) is 1.71. The van der Waals surface area contributed by atoms with Crippen molar-refractivity contribution in [3.05, 3.63) is 35.1 Å². The number of benzene rings is 1. The van der Waals surface area contributed by atoms with Crippen molar-refractivity contribution in [1.29, 1.82) is 0 Å². The number of rotatable bonds is 4. The van der Waals surface area contributed by atoms with Crippen LogP contribution in [-0.2, 0) is 4.74 Å². The summed E-state index contributed by atoms with van der Waals surface area (Å²) in [4.78, 5) is 0. The highest BCUT2D eigenvalue weighted by Gasteiger charge is 2.20. The maximum Gasteiger partial charge on any atom is 0.128 e. The number of ether oxygens (including phenoxy) is 1. The largest absolute Gasteiger partial charge is 0.380 e. The minimum absolute atomic E-state index is 0.0636. The zero-order valence-corrected chi connectivity index (χ0v) is 9.67. The van der Waals surface area contributed by atoms with Crippen LogP contribution < -0.4 is 5.32 Å². The number of nitrogens with one attached hydrogen (secondary N) is 1. The molecule has 0 amide bonds. The zero-order chi connectivity index (χ0) is 11.4. The number of halogens is 1. The molecule has 0 bridgehead atoms. The van der Waals surface area contributed by atoms with Crippen LogP contribution in [0.4, 0.5) is 4.39 Å². The molecular formula is C12H18FNO. The van der Waals surface area contributed by atoms with Crippen LogP contribution in [0.15, 0.2) is 18.2 Å². The number of likely N-dealkylation sites (N-methyl/N-ethyl adjacent to an activating group) is 1. The van der Waals surface area contributed by atoms with E-state index in [1.807, 2.05) is 27.0 Å². The Hall–Kier alpha value is -0.930. The minimum atomic E-state index is -0.191. The predicted molar refractivity (Wildman–Crippen MR) is 59.4 cm³/mol. The summed E-state index contributed by atoms with van der Waals surface area (Å²) in [6.07, 6.45) is -0.0636. The van der Waals surface area contributed by atoms with Gasteiger partial charge in [-0.2, -0.15) is 0 Å². The van der Waals surface area contributed by atoms with E-state index in [-0.39, 0.29) is 18.0 Å². The monoisotopic (exact) mass is 211 g/mol. The quantitative estimate of drug-likeness (QED) is 0.826. The van der Waals surface area contributed by atoms with Crippen molar-refractivity contribution in [1.82, 2.24) is 5.32 Å². The lowest BCUT2D eigenvalue weighted by atomic mass is 10.00. The van der Waals surface area contributed by atoms with Gasteiger partial charge in [-0.05, 0) is 27.0 Å². The van der Waals surface area contributed by atoms with E-state index in [2.05, 4.69) is 5.32 Å². The van der Waals surface area contributed by atoms with E-state index in [0.717, 1.165) is 5.56 Å². The Balaban J connectivity index is 3.05. The highest BCUT2D eigenvalue weighted by Crippen LogP contribution is 2.22. The van der Waals surface area contributed by atoms with Gasteiger partial charge in [0.25, 0.3) is 0 Å². The van der Waals surface area contributed by atoms with Crippen molar-refractivity contribution < 1.29 is 9.13 Å². The zero-order valence-electron chi connectivity index (χ0n) is 9.67. The van der Waals surface area contributed by atoms with Gasteiger partial charge in [-0.1, -0.05) is 17.7 Å². The van der Waals surface area contributed by atoms with Gasteiger partial charge in [-0.3, -0.25) is 0 Å². The normalized spacial score (nSPS) is 15.0. The maximum atomic E-state index is 13.6. The Labute approximate surface area is 90.4 Å². The predicted octanol–water partition coefficient (Wildman–Crippen LogP) is 2.43. The molecule has 2 nitrogen and oxygen atoms in total. The van der Waals surface area contributed by atoms with Crippen molar-refractivity contribution in [2.45, 2.75) is 26.0 Å². The van der Waals surface area contributed by atoms with Gasteiger partial charge in [0.15, 0.2) is 0 Å². The minimum Gasteiger partial charge on any atom is -0.380 e. The third-order valence-electron chi connectivity index (χ3n) is 2.64. The summed E-state index contributed by atoms with van der Waals surface area (Å²) < 4.78 is 18.8. The number of methoxy groups -OCH3 is 1. The molecule has 0 spiro atoms. The van der Waals surface area contributed by atoms with Gasteiger partial charge in [-0.15, -0.1) is 0 Å². The summed E-state index contributed by atoms with van der Waals surface area (Å²) in [5.74, 6) is -0.191. The summed E-state index contributed by atoms with van der Waals surface area (Å²) in [5, 5.41) is 3.07. The van der Waals surface area contributed by atoms with Crippen LogP contribution in [0.3, 0.4) is 0 Å². The topological polar surface area (TPSA) is 21.3 Å². The first-order valence-corrected chi connectivity index (χ1v) is 5.06. The molecule has 0 aliphatic rings. The lowest BCUT2D eigenvalue weighted by molar-refractivity contribution is 0.0844. The second-order valence-electron chi connectivity index (χ2n) is 3.73. The molecule has 1 rings (SSSR count). The molecule has 2 unspecified atom stereocenters. The molecule has 0 saturated carbocycles. The van der Waals surface area contributed by atoms with E-state index in [4.69, 9.17) is 4.74 Å². The highest BCUT2D eigenvalue weighted by atomic mass is 19.1. The summed E-state index contributed by atoms with van der Waals surface area (Å²) in [6, 6.07) is 5.00. The Morgan fingerprint density at radius 3 is 2.60 bits per heavy atom. The maximum absolute atomic E-state index is 13.6. The molecule has 0 heterocycles. The van der Waals surface area contributed by atoms with E-state index < -0.39 is 0 Å². The van der Waals surface area contributed by atoms with E-state index >= 15 is 0 Å². The Bertz CT molecular complexity index is 327. The molecule has 0 aliphatic carbocycles. The second-order valence-corrected chi connectivity index (χ2v) is 3.73. The standard InChI is InChI=1S/C12H18FNO/c1-8-5-6-11(13)10(7-8)12(14-3)9(2)15-4/h5-7,9,12,14H,1-4H3. The third-order valence-corrected chi connectivity index (χ3v) is 2.64. The second kappa shape index (κ2) is 5.24. The van der Waals surface area contributed by atoms with Crippen LogP contribution in [0.5, 0.6) is 0 Å². The first kappa shape index (κ1) is 12.1. The summed E-state index contributed by atoms with van der Waals surface area (Å²) in [7, 11) is 3.44. The smallest absolute Gasteiger partial charge is 0.128 e. The van der Waals surface area contributed by atoms with E-state index in [9.17, 15) is 4.39 Å². The van der Waals surface area contributed by atoms with E-state index in [1.165, 1.54) is 6.07 Å². The molecule has 0 aromatic heterocycles. The average molecular weight is 211 g/mol. The fraction of sp³-hybridized carbons (Fsp3) is 0.500. The molecule has 15 heavy (non-hydrogen) atoms. The van der Waals surface area contributed by atoms with Crippen molar-refractivity contribution in [2.75, 3.05) is 14.2 Å². The summed E-state index contributed by atoms with van der Waals surface area (Å²) in [6.45, 7) is 3.87. The molecule has 84 valence electrons. The first-order valence-electron chi connectivity index (χ1n) is 5.06. The Morgan fingerprint density at radius 2 is 2.07 bits per heavy atom. The number of aryl methyl sites for hydroxylation is 1. The Morgan fingerprint density at radius 1 is 1.40 bits per heavy atom. The van der Waals surface area contributed by atoms with Gasteiger partial charge < -0.3 is 10.1 Å². The number of hydrogen-bond donors (Lipinski definition) is 1. The average Bonchev–Trinajstić information content (AvgIpc) is 2.23. The lowest BCUT2D eigenvalue weighted by Crippen LogP contribution is -2.29. The van der Waals surface area contributed by atoms with Gasteiger partial charge >= 0.3 is 0 Å². The molecule has 3 heteroatoms. The van der Waals surface area contributed by atoms with E-state index in [1.54, 1.807) is 13.2 Å². The van der Waals surface area contributed by atoms with Crippen molar-refractivity contribution in [3.8, 4) is 0 Å². The molecule has 1 aromatic rings.